The number of guanidine groups is 1. The van der Waals surface area contributed by atoms with Crippen LogP contribution in [0.5, 0.6) is 5.75 Å². The molecule has 7 nitrogen and oxygen atoms in total. The van der Waals surface area contributed by atoms with Gasteiger partial charge in [0.05, 0.1) is 19.3 Å². The van der Waals surface area contributed by atoms with Crippen molar-refractivity contribution in [3.05, 3.63) is 42.2 Å². The lowest BCUT2D eigenvalue weighted by molar-refractivity contribution is 0.415. The van der Waals surface area contributed by atoms with Crippen molar-refractivity contribution in [1.82, 2.24) is 20.4 Å². The molecule has 1 aliphatic heterocycles. The third-order valence-corrected chi connectivity index (χ3v) is 4.85. The van der Waals surface area contributed by atoms with Crippen molar-refractivity contribution in [2.24, 2.45) is 18.0 Å². The van der Waals surface area contributed by atoms with Crippen LogP contribution >= 0.6 is 24.0 Å². The predicted molar refractivity (Wildman–Crippen MR) is 120 cm³/mol. The van der Waals surface area contributed by atoms with Gasteiger partial charge in [0.1, 0.15) is 5.75 Å². The van der Waals surface area contributed by atoms with E-state index in [1.165, 1.54) is 12.1 Å². The molecule has 1 atom stereocenters. The summed E-state index contributed by atoms with van der Waals surface area (Å²) >= 11 is 0. The van der Waals surface area contributed by atoms with E-state index in [0.717, 1.165) is 37.0 Å². The quantitative estimate of drug-likeness (QED) is 0.374. The minimum Gasteiger partial charge on any atom is -0.497 e. The first-order valence-electron chi connectivity index (χ1n) is 9.00. The highest BCUT2D eigenvalue weighted by molar-refractivity contribution is 14.0. The average molecular weight is 484 g/mol. The van der Waals surface area contributed by atoms with Crippen molar-refractivity contribution >= 4 is 35.6 Å². The molecular weight excluding hydrogens is 455 g/mol. The Labute approximate surface area is 178 Å². The Balaban J connectivity index is 0.00000261. The molecule has 0 spiro atoms. The van der Waals surface area contributed by atoms with Crippen molar-refractivity contribution in [2.75, 3.05) is 38.7 Å². The molecule has 0 aliphatic carbocycles. The van der Waals surface area contributed by atoms with Gasteiger partial charge in [-0.3, -0.25) is 9.67 Å². The first-order valence-corrected chi connectivity index (χ1v) is 9.00. The molecule has 0 radical (unpaired) electrons. The van der Waals surface area contributed by atoms with E-state index in [9.17, 15) is 0 Å². The van der Waals surface area contributed by atoms with Crippen LogP contribution in [0.4, 0.5) is 5.69 Å². The molecule has 1 saturated heterocycles. The second-order valence-electron chi connectivity index (χ2n) is 6.56. The van der Waals surface area contributed by atoms with Crippen molar-refractivity contribution < 1.29 is 4.74 Å². The number of benzene rings is 1. The van der Waals surface area contributed by atoms with E-state index >= 15 is 0 Å². The Morgan fingerprint density at radius 3 is 2.89 bits per heavy atom. The van der Waals surface area contributed by atoms with Crippen LogP contribution in [0.1, 0.15) is 12.1 Å². The van der Waals surface area contributed by atoms with E-state index in [-0.39, 0.29) is 24.0 Å². The van der Waals surface area contributed by atoms with Crippen molar-refractivity contribution in [1.29, 1.82) is 0 Å². The first kappa shape index (κ1) is 21.3. The minimum atomic E-state index is 0. The van der Waals surface area contributed by atoms with Gasteiger partial charge in [-0.25, -0.2) is 0 Å². The average Bonchev–Trinajstić information content (AvgIpc) is 3.31. The topological polar surface area (TPSA) is 66.7 Å². The summed E-state index contributed by atoms with van der Waals surface area (Å²) in [4.78, 5) is 6.73. The number of aromatic nitrogens is 2. The number of aliphatic imine (C=N–C) groups is 1. The van der Waals surface area contributed by atoms with E-state index in [2.05, 4.69) is 37.8 Å². The molecule has 1 aliphatic rings. The van der Waals surface area contributed by atoms with Crippen LogP contribution < -0.4 is 20.3 Å². The Morgan fingerprint density at radius 1 is 1.33 bits per heavy atom. The van der Waals surface area contributed by atoms with Gasteiger partial charge in [-0.2, -0.15) is 5.10 Å². The van der Waals surface area contributed by atoms with Gasteiger partial charge in [0.25, 0.3) is 0 Å². The number of ether oxygens (including phenoxy) is 1. The van der Waals surface area contributed by atoms with Gasteiger partial charge in [0.2, 0.25) is 0 Å². The molecule has 2 N–H and O–H groups in total. The maximum absolute atomic E-state index is 5.33. The molecule has 0 amide bonds. The number of halogens is 1. The minimum absolute atomic E-state index is 0. The number of nitrogens with one attached hydrogen (secondary N) is 2. The monoisotopic (exact) mass is 484 g/mol. The normalized spacial score (nSPS) is 16.8. The zero-order valence-corrected chi connectivity index (χ0v) is 18.5. The van der Waals surface area contributed by atoms with Crippen LogP contribution in [-0.4, -0.2) is 49.5 Å². The third kappa shape index (κ3) is 5.75. The number of hydrogen-bond donors (Lipinski definition) is 2. The molecular formula is C19H29IN6O. The lowest BCUT2D eigenvalue weighted by atomic mass is 10.1. The molecule has 1 aromatic carbocycles. The van der Waals surface area contributed by atoms with Crippen molar-refractivity contribution in [2.45, 2.75) is 13.0 Å². The largest absolute Gasteiger partial charge is 0.497 e. The molecule has 27 heavy (non-hydrogen) atoms. The number of anilines is 1. The lowest BCUT2D eigenvalue weighted by Crippen LogP contribution is -2.40. The van der Waals surface area contributed by atoms with Gasteiger partial charge >= 0.3 is 0 Å². The van der Waals surface area contributed by atoms with Crippen LogP contribution in [0, 0.1) is 5.92 Å². The summed E-state index contributed by atoms with van der Waals surface area (Å²) in [7, 11) is 5.45. The standard InChI is InChI=1S/C19H28N6O.HI/c1-20-19(22-13-17-7-9-23-24(17)2)21-12-15-8-10-25(14-15)16-5-4-6-18(11-16)26-3;/h4-7,9,11,15H,8,10,12-14H2,1-3H3,(H2,20,21,22);1H. The van der Waals surface area contributed by atoms with E-state index in [1.807, 2.05) is 29.9 Å². The van der Waals surface area contributed by atoms with Crippen molar-refractivity contribution in [3.63, 3.8) is 0 Å². The van der Waals surface area contributed by atoms with Crippen LogP contribution in [0.2, 0.25) is 0 Å². The number of rotatable bonds is 6. The Morgan fingerprint density at radius 2 is 2.19 bits per heavy atom. The van der Waals surface area contributed by atoms with Crippen LogP contribution in [0.3, 0.4) is 0 Å². The summed E-state index contributed by atoms with van der Waals surface area (Å²) in [5.41, 5.74) is 2.35. The molecule has 0 bridgehead atoms. The molecule has 148 valence electrons. The number of methoxy groups -OCH3 is 1. The highest BCUT2D eigenvalue weighted by atomic mass is 127. The van der Waals surface area contributed by atoms with Crippen molar-refractivity contribution in [3.8, 4) is 5.75 Å². The zero-order valence-electron chi connectivity index (χ0n) is 16.2. The molecule has 3 rings (SSSR count). The van der Waals surface area contributed by atoms with E-state index in [1.54, 1.807) is 20.4 Å². The summed E-state index contributed by atoms with van der Waals surface area (Å²) in [6.45, 7) is 3.72. The highest BCUT2D eigenvalue weighted by Gasteiger charge is 2.23. The van der Waals surface area contributed by atoms with Gasteiger partial charge in [0.15, 0.2) is 5.96 Å². The van der Waals surface area contributed by atoms with Gasteiger partial charge in [0, 0.05) is 51.7 Å². The summed E-state index contributed by atoms with van der Waals surface area (Å²) in [6, 6.07) is 10.3. The summed E-state index contributed by atoms with van der Waals surface area (Å²) < 4.78 is 7.20. The molecule has 8 heteroatoms. The summed E-state index contributed by atoms with van der Waals surface area (Å²) in [5.74, 6) is 2.33. The number of nitrogens with zero attached hydrogens (tertiary/aromatic N) is 4. The van der Waals surface area contributed by atoms with Gasteiger partial charge in [-0.1, -0.05) is 6.07 Å². The van der Waals surface area contributed by atoms with E-state index in [0.29, 0.717) is 12.5 Å². The van der Waals surface area contributed by atoms with E-state index < -0.39 is 0 Å². The molecule has 2 heterocycles. The maximum atomic E-state index is 5.33. The predicted octanol–water partition coefficient (Wildman–Crippen LogP) is 2.24. The summed E-state index contributed by atoms with van der Waals surface area (Å²) in [6.07, 6.45) is 2.97. The van der Waals surface area contributed by atoms with Crippen LogP contribution in [0.25, 0.3) is 0 Å². The van der Waals surface area contributed by atoms with E-state index in [4.69, 9.17) is 4.74 Å². The number of aryl methyl sites for hydroxylation is 1. The van der Waals surface area contributed by atoms with Gasteiger partial charge in [-0.05, 0) is 30.5 Å². The first-order chi connectivity index (χ1) is 12.7. The Kier molecular flexibility index (Phi) is 8.21. The molecule has 2 aromatic rings. The Hall–Kier alpha value is -1.97. The number of hydrogen-bond acceptors (Lipinski definition) is 4. The fourth-order valence-electron chi connectivity index (χ4n) is 3.25. The van der Waals surface area contributed by atoms with Crippen LogP contribution in [0.15, 0.2) is 41.5 Å². The smallest absolute Gasteiger partial charge is 0.191 e. The fraction of sp³-hybridized carbons (Fsp3) is 0.474. The van der Waals surface area contributed by atoms with Gasteiger partial charge in [-0.15, -0.1) is 24.0 Å². The summed E-state index contributed by atoms with van der Waals surface area (Å²) in [5, 5.41) is 11.0. The zero-order chi connectivity index (χ0) is 18.4. The second-order valence-corrected chi connectivity index (χ2v) is 6.56. The van der Waals surface area contributed by atoms with Crippen LogP contribution in [-0.2, 0) is 13.6 Å². The molecule has 1 fully saturated rings. The SMILES string of the molecule is CN=C(NCc1ccnn1C)NCC1CCN(c2cccc(OC)c2)C1.I. The lowest BCUT2D eigenvalue weighted by Gasteiger charge is -2.20. The van der Waals surface area contributed by atoms with Gasteiger partial charge < -0.3 is 20.3 Å². The second kappa shape index (κ2) is 10.4. The maximum Gasteiger partial charge on any atom is 0.191 e. The molecule has 1 aromatic heterocycles. The molecule has 1 unspecified atom stereocenters. The highest BCUT2D eigenvalue weighted by Crippen LogP contribution is 2.26. The molecule has 0 saturated carbocycles. The third-order valence-electron chi connectivity index (χ3n) is 4.85. The Bertz CT molecular complexity index is 747. The fourth-order valence-corrected chi connectivity index (χ4v) is 3.25.